The Balaban J connectivity index is 1.71. The van der Waals surface area contributed by atoms with Crippen LogP contribution < -0.4 is 5.32 Å². The molecule has 1 aromatic carbocycles. The molecule has 1 heterocycles. The molecule has 1 aliphatic heterocycles. The number of hydrogen-bond acceptors (Lipinski definition) is 2. The SMILES string of the molecule is CCNC1CCCN(C(=O)CCCc2ccccc2)C1. The Hall–Kier alpha value is -1.35. The predicted octanol–water partition coefficient (Wildman–Crippen LogP) is 2.61. The molecule has 0 bridgehead atoms. The first-order valence-electron chi connectivity index (χ1n) is 7.84. The van der Waals surface area contributed by atoms with Gasteiger partial charge >= 0.3 is 0 Å². The lowest BCUT2D eigenvalue weighted by Crippen LogP contribution is -2.47. The number of likely N-dealkylation sites (N-methyl/N-ethyl adjacent to an activating group) is 1. The highest BCUT2D eigenvalue weighted by Gasteiger charge is 2.22. The van der Waals surface area contributed by atoms with Gasteiger partial charge in [0.2, 0.25) is 5.91 Å². The minimum atomic E-state index is 0.323. The molecular weight excluding hydrogens is 248 g/mol. The van der Waals surface area contributed by atoms with Crippen molar-refractivity contribution in [3.05, 3.63) is 35.9 Å². The topological polar surface area (TPSA) is 32.3 Å². The summed E-state index contributed by atoms with van der Waals surface area (Å²) in [4.78, 5) is 14.3. The molecule has 1 N–H and O–H groups in total. The zero-order valence-corrected chi connectivity index (χ0v) is 12.5. The van der Waals surface area contributed by atoms with Crippen molar-refractivity contribution in [1.29, 1.82) is 0 Å². The number of carbonyl (C=O) groups is 1. The summed E-state index contributed by atoms with van der Waals surface area (Å²) in [5.74, 6) is 0.323. The minimum absolute atomic E-state index is 0.323. The van der Waals surface area contributed by atoms with Crippen LogP contribution in [0.4, 0.5) is 0 Å². The molecule has 0 spiro atoms. The fraction of sp³-hybridized carbons (Fsp3) is 0.588. The van der Waals surface area contributed by atoms with Crippen molar-refractivity contribution in [3.63, 3.8) is 0 Å². The summed E-state index contributed by atoms with van der Waals surface area (Å²) in [5, 5.41) is 3.46. The first kappa shape index (κ1) is 15.0. The summed E-state index contributed by atoms with van der Waals surface area (Å²) in [6.07, 6.45) is 4.94. The van der Waals surface area contributed by atoms with E-state index in [9.17, 15) is 4.79 Å². The Labute approximate surface area is 122 Å². The molecule has 1 saturated heterocycles. The number of carbonyl (C=O) groups excluding carboxylic acids is 1. The van der Waals surface area contributed by atoms with Crippen LogP contribution in [-0.4, -0.2) is 36.5 Å². The van der Waals surface area contributed by atoms with Crippen molar-refractivity contribution in [3.8, 4) is 0 Å². The van der Waals surface area contributed by atoms with Gasteiger partial charge in [-0.25, -0.2) is 0 Å². The van der Waals surface area contributed by atoms with Gasteiger partial charge in [-0.3, -0.25) is 4.79 Å². The van der Waals surface area contributed by atoms with Gasteiger partial charge in [-0.2, -0.15) is 0 Å². The van der Waals surface area contributed by atoms with Crippen LogP contribution in [0.3, 0.4) is 0 Å². The van der Waals surface area contributed by atoms with Crippen molar-refractivity contribution in [2.75, 3.05) is 19.6 Å². The molecule has 1 fully saturated rings. The molecule has 0 saturated carbocycles. The summed E-state index contributed by atoms with van der Waals surface area (Å²) in [6, 6.07) is 10.9. The van der Waals surface area contributed by atoms with Gasteiger partial charge in [-0.05, 0) is 37.8 Å². The van der Waals surface area contributed by atoms with Gasteiger partial charge in [0.15, 0.2) is 0 Å². The van der Waals surface area contributed by atoms with Crippen LogP contribution in [0, 0.1) is 0 Å². The molecule has 2 rings (SSSR count). The Morgan fingerprint density at radius 3 is 2.90 bits per heavy atom. The minimum Gasteiger partial charge on any atom is -0.341 e. The molecule has 20 heavy (non-hydrogen) atoms. The van der Waals surface area contributed by atoms with E-state index >= 15 is 0 Å². The molecule has 3 heteroatoms. The highest BCUT2D eigenvalue weighted by molar-refractivity contribution is 5.76. The van der Waals surface area contributed by atoms with Crippen LogP contribution in [0.15, 0.2) is 30.3 Å². The standard InChI is InChI=1S/C17H26N2O/c1-2-18-16-11-7-13-19(14-16)17(20)12-6-10-15-8-4-3-5-9-15/h3-5,8-9,16,18H,2,6-7,10-14H2,1H3. The van der Waals surface area contributed by atoms with Crippen LogP contribution in [0.5, 0.6) is 0 Å². The van der Waals surface area contributed by atoms with Crippen LogP contribution in [-0.2, 0) is 11.2 Å². The molecular formula is C17H26N2O. The molecule has 0 radical (unpaired) electrons. The Bertz CT molecular complexity index is 403. The second-order valence-electron chi connectivity index (χ2n) is 5.58. The Morgan fingerprint density at radius 2 is 2.15 bits per heavy atom. The van der Waals surface area contributed by atoms with Crippen LogP contribution in [0.2, 0.25) is 0 Å². The van der Waals surface area contributed by atoms with E-state index in [0.29, 0.717) is 18.4 Å². The van der Waals surface area contributed by atoms with Crippen molar-refractivity contribution < 1.29 is 4.79 Å². The molecule has 1 atom stereocenters. The highest BCUT2D eigenvalue weighted by atomic mass is 16.2. The van der Waals surface area contributed by atoms with Crippen molar-refractivity contribution in [2.45, 2.75) is 45.1 Å². The van der Waals surface area contributed by atoms with Gasteiger partial charge in [-0.1, -0.05) is 37.3 Å². The maximum Gasteiger partial charge on any atom is 0.222 e. The first-order chi connectivity index (χ1) is 9.79. The number of benzene rings is 1. The highest BCUT2D eigenvalue weighted by Crippen LogP contribution is 2.13. The van der Waals surface area contributed by atoms with Crippen molar-refractivity contribution in [2.24, 2.45) is 0 Å². The van der Waals surface area contributed by atoms with Gasteiger partial charge in [0.1, 0.15) is 0 Å². The van der Waals surface area contributed by atoms with E-state index in [4.69, 9.17) is 0 Å². The zero-order chi connectivity index (χ0) is 14.2. The van der Waals surface area contributed by atoms with Gasteiger partial charge in [0.25, 0.3) is 0 Å². The first-order valence-corrected chi connectivity index (χ1v) is 7.84. The summed E-state index contributed by atoms with van der Waals surface area (Å²) in [6.45, 7) is 4.94. The second kappa shape index (κ2) is 8.05. The third kappa shape index (κ3) is 4.64. The average Bonchev–Trinajstić information content (AvgIpc) is 2.49. The summed E-state index contributed by atoms with van der Waals surface area (Å²) in [7, 11) is 0. The molecule has 0 aliphatic carbocycles. The molecule has 1 aliphatic rings. The molecule has 0 aromatic heterocycles. The Kier molecular flexibility index (Phi) is 6.06. The van der Waals surface area contributed by atoms with Crippen LogP contribution in [0.1, 0.15) is 38.2 Å². The van der Waals surface area contributed by atoms with E-state index in [1.54, 1.807) is 0 Å². The lowest BCUT2D eigenvalue weighted by molar-refractivity contribution is -0.132. The number of amides is 1. The van der Waals surface area contributed by atoms with Gasteiger partial charge in [0, 0.05) is 25.6 Å². The second-order valence-corrected chi connectivity index (χ2v) is 5.58. The van der Waals surface area contributed by atoms with Gasteiger partial charge < -0.3 is 10.2 Å². The number of likely N-dealkylation sites (tertiary alicyclic amines) is 1. The number of aryl methyl sites for hydroxylation is 1. The summed E-state index contributed by atoms with van der Waals surface area (Å²) < 4.78 is 0. The normalized spacial score (nSPS) is 19.1. The smallest absolute Gasteiger partial charge is 0.222 e. The number of hydrogen-bond donors (Lipinski definition) is 1. The molecule has 1 amide bonds. The van der Waals surface area contributed by atoms with E-state index in [1.807, 2.05) is 11.0 Å². The van der Waals surface area contributed by atoms with Crippen molar-refractivity contribution >= 4 is 5.91 Å². The van der Waals surface area contributed by atoms with Crippen LogP contribution in [0.25, 0.3) is 0 Å². The summed E-state index contributed by atoms with van der Waals surface area (Å²) in [5.41, 5.74) is 1.32. The lowest BCUT2D eigenvalue weighted by atomic mass is 10.0. The molecule has 110 valence electrons. The maximum absolute atomic E-state index is 12.2. The van der Waals surface area contributed by atoms with E-state index in [1.165, 1.54) is 12.0 Å². The lowest BCUT2D eigenvalue weighted by Gasteiger charge is -2.33. The zero-order valence-electron chi connectivity index (χ0n) is 12.5. The van der Waals surface area contributed by atoms with Gasteiger partial charge in [-0.15, -0.1) is 0 Å². The van der Waals surface area contributed by atoms with Crippen LogP contribution >= 0.6 is 0 Å². The van der Waals surface area contributed by atoms with E-state index in [0.717, 1.165) is 38.9 Å². The Morgan fingerprint density at radius 1 is 1.35 bits per heavy atom. The van der Waals surface area contributed by atoms with Crippen molar-refractivity contribution in [1.82, 2.24) is 10.2 Å². The molecule has 1 aromatic rings. The summed E-state index contributed by atoms with van der Waals surface area (Å²) >= 11 is 0. The third-order valence-electron chi connectivity index (χ3n) is 3.97. The van der Waals surface area contributed by atoms with E-state index in [2.05, 4.69) is 36.5 Å². The number of nitrogens with one attached hydrogen (secondary N) is 1. The van der Waals surface area contributed by atoms with E-state index in [-0.39, 0.29) is 0 Å². The average molecular weight is 274 g/mol. The number of rotatable bonds is 6. The maximum atomic E-state index is 12.2. The molecule has 3 nitrogen and oxygen atoms in total. The monoisotopic (exact) mass is 274 g/mol. The fourth-order valence-electron chi connectivity index (χ4n) is 2.91. The van der Waals surface area contributed by atoms with E-state index < -0.39 is 0 Å². The quantitative estimate of drug-likeness (QED) is 0.865. The molecule has 1 unspecified atom stereocenters. The fourth-order valence-corrected chi connectivity index (χ4v) is 2.91. The predicted molar refractivity (Wildman–Crippen MR) is 82.7 cm³/mol. The largest absolute Gasteiger partial charge is 0.341 e. The number of piperidine rings is 1. The van der Waals surface area contributed by atoms with Gasteiger partial charge in [0.05, 0.1) is 0 Å². The third-order valence-corrected chi connectivity index (χ3v) is 3.97. The number of nitrogens with zero attached hydrogens (tertiary/aromatic N) is 1.